The van der Waals surface area contributed by atoms with Gasteiger partial charge in [-0.25, -0.2) is 9.97 Å². The van der Waals surface area contributed by atoms with Gasteiger partial charge in [-0.3, -0.25) is 4.79 Å². The molecule has 0 fully saturated rings. The van der Waals surface area contributed by atoms with E-state index in [9.17, 15) is 4.79 Å². The van der Waals surface area contributed by atoms with Crippen LogP contribution in [0.1, 0.15) is 28.7 Å². The topological polar surface area (TPSA) is 85.4 Å². The minimum atomic E-state index is -0.305. The first-order valence-electron chi connectivity index (χ1n) is 9.27. The number of anilines is 3. The third-order valence-corrected chi connectivity index (χ3v) is 4.36. The van der Waals surface area contributed by atoms with Gasteiger partial charge in [-0.2, -0.15) is 0 Å². The quantitative estimate of drug-likeness (QED) is 0.621. The molecule has 2 N–H and O–H groups in total. The molecule has 0 aliphatic heterocycles. The molecule has 0 atom stereocenters. The lowest BCUT2D eigenvalue weighted by Crippen LogP contribution is -2.15. The summed E-state index contributed by atoms with van der Waals surface area (Å²) >= 11 is 0. The summed E-state index contributed by atoms with van der Waals surface area (Å²) in [5.41, 5.74) is 3.49. The number of hydrogen-bond donors (Lipinski definition) is 2. The van der Waals surface area contributed by atoms with Crippen LogP contribution in [0.2, 0.25) is 0 Å². The van der Waals surface area contributed by atoms with Gasteiger partial charge in [-0.05, 0) is 49.2 Å². The molecule has 0 saturated carbocycles. The Labute approximate surface area is 170 Å². The van der Waals surface area contributed by atoms with Crippen molar-refractivity contribution in [2.45, 2.75) is 20.3 Å². The van der Waals surface area contributed by atoms with Crippen LogP contribution in [0.25, 0.3) is 0 Å². The normalized spacial score (nSPS) is 10.3. The van der Waals surface area contributed by atoms with E-state index in [1.54, 1.807) is 38.5 Å². The molecule has 0 radical (unpaired) electrons. The average Bonchev–Trinajstić information content (AvgIpc) is 2.73. The van der Waals surface area contributed by atoms with Crippen molar-refractivity contribution in [3.63, 3.8) is 0 Å². The van der Waals surface area contributed by atoms with Gasteiger partial charge in [0.15, 0.2) is 0 Å². The van der Waals surface area contributed by atoms with Crippen LogP contribution in [0.5, 0.6) is 11.5 Å². The van der Waals surface area contributed by atoms with E-state index >= 15 is 0 Å². The summed E-state index contributed by atoms with van der Waals surface area (Å²) in [6.07, 6.45) is 0.947. The molecule has 29 heavy (non-hydrogen) atoms. The highest BCUT2D eigenvalue weighted by Gasteiger charge is 2.13. The van der Waals surface area contributed by atoms with Gasteiger partial charge in [0.2, 0.25) is 5.95 Å². The van der Waals surface area contributed by atoms with Crippen LogP contribution in [-0.4, -0.2) is 30.1 Å². The Hall–Kier alpha value is -3.61. The molecule has 0 unspecified atom stereocenters. The Bertz CT molecular complexity index is 1000. The molecule has 0 aliphatic carbocycles. The molecule has 2 aromatic carbocycles. The van der Waals surface area contributed by atoms with Gasteiger partial charge in [0.25, 0.3) is 5.91 Å². The number of carbonyl (C=O) groups excluding carboxylic acids is 1. The van der Waals surface area contributed by atoms with Gasteiger partial charge >= 0.3 is 0 Å². The Kier molecular flexibility index (Phi) is 6.29. The second-order valence-electron chi connectivity index (χ2n) is 6.41. The highest BCUT2D eigenvalue weighted by Crippen LogP contribution is 2.30. The van der Waals surface area contributed by atoms with E-state index in [0.717, 1.165) is 6.42 Å². The van der Waals surface area contributed by atoms with Crippen molar-refractivity contribution in [2.24, 2.45) is 0 Å². The zero-order valence-corrected chi connectivity index (χ0v) is 16.9. The predicted octanol–water partition coefficient (Wildman–Crippen LogP) is 4.36. The van der Waals surface area contributed by atoms with Crippen LogP contribution in [0, 0.1) is 6.92 Å². The van der Waals surface area contributed by atoms with E-state index in [4.69, 9.17) is 9.47 Å². The number of aromatic nitrogens is 2. The van der Waals surface area contributed by atoms with Crippen molar-refractivity contribution >= 4 is 23.2 Å². The lowest BCUT2D eigenvalue weighted by molar-refractivity contribution is 0.102. The Balaban J connectivity index is 1.83. The number of nitrogens with zero attached hydrogens (tertiary/aromatic N) is 2. The molecule has 7 heteroatoms. The molecule has 150 valence electrons. The summed E-state index contributed by atoms with van der Waals surface area (Å²) in [5, 5.41) is 5.97. The molecule has 0 aliphatic rings. The van der Waals surface area contributed by atoms with Gasteiger partial charge in [-0.1, -0.05) is 19.1 Å². The lowest BCUT2D eigenvalue weighted by atomic mass is 10.1. The van der Waals surface area contributed by atoms with Crippen molar-refractivity contribution in [3.8, 4) is 11.5 Å². The summed E-state index contributed by atoms with van der Waals surface area (Å²) in [7, 11) is 3.16. The van der Waals surface area contributed by atoms with Crippen molar-refractivity contribution in [1.29, 1.82) is 0 Å². The molecule has 1 aromatic heterocycles. The first-order valence-corrected chi connectivity index (χ1v) is 9.27. The van der Waals surface area contributed by atoms with Crippen LogP contribution in [0.15, 0.2) is 48.5 Å². The first-order chi connectivity index (χ1) is 14.0. The Morgan fingerprint density at radius 2 is 1.76 bits per heavy atom. The van der Waals surface area contributed by atoms with Crippen LogP contribution >= 0.6 is 0 Å². The minimum absolute atomic E-state index is 0.265. The van der Waals surface area contributed by atoms with Gasteiger partial charge in [0.1, 0.15) is 17.2 Å². The fourth-order valence-corrected chi connectivity index (χ4v) is 2.79. The third kappa shape index (κ3) is 5.01. The molecular weight excluding hydrogens is 368 g/mol. The summed E-state index contributed by atoms with van der Waals surface area (Å²) < 4.78 is 10.6. The summed E-state index contributed by atoms with van der Waals surface area (Å²) in [6, 6.07) is 14.7. The van der Waals surface area contributed by atoms with Crippen molar-refractivity contribution in [2.75, 3.05) is 24.9 Å². The maximum atomic E-state index is 12.7. The van der Waals surface area contributed by atoms with E-state index < -0.39 is 0 Å². The van der Waals surface area contributed by atoms with E-state index in [0.29, 0.717) is 34.5 Å². The van der Waals surface area contributed by atoms with E-state index in [2.05, 4.69) is 27.5 Å². The minimum Gasteiger partial charge on any atom is -0.497 e. The second kappa shape index (κ2) is 9.05. The number of nitrogens with one attached hydrogen (secondary N) is 2. The monoisotopic (exact) mass is 392 g/mol. The molecule has 7 nitrogen and oxygen atoms in total. The molecular formula is C22H24N4O3. The molecule has 0 bridgehead atoms. The fourth-order valence-electron chi connectivity index (χ4n) is 2.79. The van der Waals surface area contributed by atoms with E-state index in [1.807, 2.05) is 31.2 Å². The second-order valence-corrected chi connectivity index (χ2v) is 6.41. The summed E-state index contributed by atoms with van der Waals surface area (Å²) in [5.74, 6) is 1.26. The van der Waals surface area contributed by atoms with Gasteiger partial charge < -0.3 is 20.1 Å². The van der Waals surface area contributed by atoms with Crippen LogP contribution in [0.4, 0.5) is 17.3 Å². The van der Waals surface area contributed by atoms with Gasteiger partial charge in [-0.15, -0.1) is 0 Å². The molecule has 3 aromatic rings. The Morgan fingerprint density at radius 1 is 1.00 bits per heavy atom. The van der Waals surface area contributed by atoms with Crippen LogP contribution in [-0.2, 0) is 6.42 Å². The third-order valence-electron chi connectivity index (χ3n) is 4.36. The van der Waals surface area contributed by atoms with Crippen molar-refractivity contribution in [3.05, 3.63) is 65.5 Å². The number of rotatable bonds is 7. The zero-order valence-electron chi connectivity index (χ0n) is 16.9. The highest BCUT2D eigenvalue weighted by molar-refractivity contribution is 6.03. The summed E-state index contributed by atoms with van der Waals surface area (Å²) in [6.45, 7) is 3.89. The van der Waals surface area contributed by atoms with Crippen molar-refractivity contribution < 1.29 is 14.3 Å². The zero-order chi connectivity index (χ0) is 20.8. The molecule has 1 amide bonds. The number of carbonyl (C=O) groups is 1. The molecule has 3 rings (SSSR count). The number of benzene rings is 2. The van der Waals surface area contributed by atoms with Gasteiger partial charge in [0, 0.05) is 17.4 Å². The molecule has 0 spiro atoms. The number of aryl methyl sites for hydroxylation is 2. The average molecular weight is 392 g/mol. The van der Waals surface area contributed by atoms with Gasteiger partial charge in [0.05, 0.1) is 19.9 Å². The first kappa shape index (κ1) is 20.1. The van der Waals surface area contributed by atoms with Crippen LogP contribution < -0.4 is 20.1 Å². The number of ether oxygens (including phenoxy) is 2. The molecule has 0 saturated heterocycles. The number of methoxy groups -OCH3 is 2. The highest BCUT2D eigenvalue weighted by atomic mass is 16.5. The van der Waals surface area contributed by atoms with Crippen LogP contribution in [0.3, 0.4) is 0 Å². The lowest BCUT2D eigenvalue weighted by Gasteiger charge is -2.13. The van der Waals surface area contributed by atoms with E-state index in [-0.39, 0.29) is 11.6 Å². The SMILES string of the molecule is CCc1ccc(NC(=O)c2cc(C)nc(Nc3cc(OC)ccc3OC)n2)cc1. The predicted molar refractivity (Wildman–Crippen MR) is 113 cm³/mol. The largest absolute Gasteiger partial charge is 0.497 e. The maximum absolute atomic E-state index is 12.7. The Morgan fingerprint density at radius 3 is 2.41 bits per heavy atom. The smallest absolute Gasteiger partial charge is 0.274 e. The fraction of sp³-hybridized carbons (Fsp3) is 0.227. The van der Waals surface area contributed by atoms with Crippen molar-refractivity contribution in [1.82, 2.24) is 9.97 Å². The molecule has 1 heterocycles. The standard InChI is InChI=1S/C22H24N4O3/c1-5-15-6-8-16(9-7-15)24-21(27)19-12-14(2)23-22(26-19)25-18-13-17(28-3)10-11-20(18)29-4/h6-13H,5H2,1-4H3,(H,24,27)(H,23,25,26). The van der Waals surface area contributed by atoms with E-state index in [1.165, 1.54) is 5.56 Å². The maximum Gasteiger partial charge on any atom is 0.274 e. The number of amides is 1. The number of hydrogen-bond acceptors (Lipinski definition) is 6. The summed E-state index contributed by atoms with van der Waals surface area (Å²) in [4.78, 5) is 21.4.